The molecule has 0 aliphatic carbocycles. The average molecular weight is 1580 g/mol. The molecule has 5 fully saturated rings. The van der Waals surface area contributed by atoms with E-state index in [0.717, 1.165) is 25.9 Å². The van der Waals surface area contributed by atoms with Crippen molar-refractivity contribution < 1.29 is 102 Å². The molecule has 9 N–H and O–H groups in total. The molecular formula is C82H111FN10O20. The molecule has 616 valence electrons. The van der Waals surface area contributed by atoms with Gasteiger partial charge in [-0.2, -0.15) is 5.10 Å². The van der Waals surface area contributed by atoms with Gasteiger partial charge in [0.2, 0.25) is 35.4 Å². The van der Waals surface area contributed by atoms with Gasteiger partial charge in [0, 0.05) is 113 Å². The number of aliphatic hydroxyl groups is 2. The summed E-state index contributed by atoms with van der Waals surface area (Å²) in [6, 6.07) is -0.884. The van der Waals surface area contributed by atoms with Crippen LogP contribution in [0, 0.1) is 42.3 Å². The number of benzene rings is 3. The van der Waals surface area contributed by atoms with Crippen molar-refractivity contribution in [1.82, 2.24) is 40.6 Å². The van der Waals surface area contributed by atoms with Crippen molar-refractivity contribution in [2.45, 2.75) is 207 Å². The number of esters is 2. The Morgan fingerprint density at radius 1 is 0.814 bits per heavy atom. The molecule has 0 spiro atoms. The summed E-state index contributed by atoms with van der Waals surface area (Å²) in [7, 11) is 3.42. The number of phenols is 3. The smallest absolute Gasteiger partial charge is 0.328 e. The number of halogens is 1. The standard InChI is InChI=1S/C43H58N4O12.C39H53FN6O8/c1-21-12-11-13-22(2)42(55)45-33-28(20-44-47-17-15-46(9)16-18-47)37(52)30-31(38(33)53)36(51)26(6)40-32(30)41(54)43(8,59-40)57-19-14-29(56-10)23(3)39(58-27(7)48)25(5)35(50)24(4)34(21)49;1-4-5-6-7-15-33(47)42-28(22-26-11-8-12-27(40)21-26)34(48)43-29-23-54-39(53)31-14-10-18-45(31)36(50)25(3)41-35(49)32-20-24(2)16-19-46(32)38(52)30-13-9-17-44(30)37(29)51/h11-14,19-21,23-25,29,34-35,39,49-53H,15-18H2,1-10H3,(H,45,55);7-8,11-12,15,21,24-25,28-32H,4-6,9-10,13-14,16-20,22-23H2,1-3H3,(H,41,49)(H,42,47)(H,43,48)/b12-11+,19-14+,22-13-,44-20+;15-7+/t21-,23+,24+,25+,29-,34-,35+,39+,43-;24?,25-,28-,29-,30-,31-,32-/m00/s1. The Balaban J connectivity index is 0.000000260. The quantitative estimate of drug-likeness (QED) is 0.0233. The normalized spacial score (nSPS) is 29.9. The van der Waals surface area contributed by atoms with Crippen LogP contribution in [0.5, 0.6) is 23.0 Å². The lowest BCUT2D eigenvalue weighted by molar-refractivity contribution is -0.160. The number of ether oxygens (including phenoxy) is 5. The van der Waals surface area contributed by atoms with Gasteiger partial charge in [-0.3, -0.25) is 48.2 Å². The summed E-state index contributed by atoms with van der Waals surface area (Å²) in [4.78, 5) is 143. The second kappa shape index (κ2) is 38.2. The van der Waals surface area contributed by atoms with Gasteiger partial charge in [-0.15, -0.1) is 0 Å². The largest absolute Gasteiger partial charge is 0.507 e. The minimum atomic E-state index is -2.04. The number of cyclic esters (lactones) is 1. The maximum atomic E-state index is 14.4. The summed E-state index contributed by atoms with van der Waals surface area (Å²) in [5.41, 5.74) is 0.0676. The molecule has 16 atom stereocenters. The molecule has 8 aliphatic heterocycles. The number of aliphatic hydroxyl groups excluding tert-OH is 2. The molecule has 1 unspecified atom stereocenters. The number of rotatable bonds is 13. The van der Waals surface area contributed by atoms with Crippen molar-refractivity contribution in [3.05, 3.63) is 101 Å². The lowest BCUT2D eigenvalue weighted by Gasteiger charge is -2.41. The Labute approximate surface area is 658 Å². The molecule has 3 aromatic carbocycles. The fraction of sp³-hybridized carbons (Fsp3) is 0.573. The van der Waals surface area contributed by atoms with Crippen LogP contribution in [0.15, 0.2) is 77.7 Å². The third kappa shape index (κ3) is 20.2. The van der Waals surface area contributed by atoms with E-state index in [1.165, 1.54) is 98.4 Å². The number of unbranched alkanes of at least 4 members (excludes halogenated alkanes) is 2. The van der Waals surface area contributed by atoms with Gasteiger partial charge >= 0.3 is 17.7 Å². The number of likely N-dealkylation sites (N-methyl/N-ethyl adjacent to an activating group) is 1. The highest BCUT2D eigenvalue weighted by Gasteiger charge is 2.51. The van der Waals surface area contributed by atoms with Gasteiger partial charge < -0.3 is 90.1 Å². The van der Waals surface area contributed by atoms with Crippen LogP contribution in [-0.2, 0) is 68.5 Å². The van der Waals surface area contributed by atoms with Gasteiger partial charge in [0.15, 0.2) is 5.75 Å². The number of hydrazone groups is 1. The molecule has 3 aromatic rings. The molecule has 0 saturated carbocycles. The van der Waals surface area contributed by atoms with E-state index in [1.54, 1.807) is 63.9 Å². The fourth-order valence-electron chi connectivity index (χ4n) is 15.7. The Morgan fingerprint density at radius 2 is 1.50 bits per heavy atom. The number of piperazine rings is 1. The summed E-state index contributed by atoms with van der Waals surface area (Å²) < 4.78 is 43.4. The summed E-state index contributed by atoms with van der Waals surface area (Å²) in [6.45, 7) is 20.8. The number of carbonyl (C=O) groups excluding carboxylic acids is 10. The van der Waals surface area contributed by atoms with E-state index >= 15 is 0 Å². The topological polar surface area (TPSA) is 395 Å². The lowest BCUT2D eigenvalue weighted by atomic mass is 9.78. The van der Waals surface area contributed by atoms with Crippen LogP contribution in [0.2, 0.25) is 0 Å². The highest BCUT2D eigenvalue weighted by Crippen LogP contribution is 2.55. The number of phenolic OH excluding ortho intramolecular Hbond substituents is 3. The number of Topliss-reactive ketones (excluding diaryl/α,β-unsaturated/α-hetero) is 1. The zero-order valence-electron chi connectivity index (χ0n) is 66.7. The zero-order chi connectivity index (χ0) is 82.6. The van der Waals surface area contributed by atoms with Crippen molar-refractivity contribution in [1.29, 1.82) is 0 Å². The average Bonchev–Trinajstić information content (AvgIpc) is 1.57. The van der Waals surface area contributed by atoms with Gasteiger partial charge in [0.1, 0.15) is 72.0 Å². The van der Waals surface area contributed by atoms with E-state index in [9.17, 15) is 77.9 Å². The van der Waals surface area contributed by atoms with Crippen LogP contribution in [0.25, 0.3) is 10.8 Å². The molecule has 11 rings (SSSR count). The van der Waals surface area contributed by atoms with E-state index in [0.29, 0.717) is 70.1 Å². The number of carbonyl (C=O) groups is 10. The minimum Gasteiger partial charge on any atom is -0.507 e. The number of ketones is 1. The second-order valence-electron chi connectivity index (χ2n) is 31.0. The van der Waals surface area contributed by atoms with Crippen molar-refractivity contribution in [3.63, 3.8) is 0 Å². The number of methoxy groups -OCH3 is 1. The first-order chi connectivity index (χ1) is 53.6. The first kappa shape index (κ1) is 87.0. The number of anilines is 1. The van der Waals surface area contributed by atoms with E-state index in [-0.39, 0.29) is 69.9 Å². The van der Waals surface area contributed by atoms with Crippen molar-refractivity contribution in [3.8, 4) is 23.0 Å². The van der Waals surface area contributed by atoms with Crippen LogP contribution < -0.4 is 26.0 Å². The number of hydrogen-bond donors (Lipinski definition) is 9. The number of nitrogens with one attached hydrogen (secondary N) is 4. The van der Waals surface area contributed by atoms with E-state index in [1.807, 2.05) is 20.9 Å². The molecule has 0 radical (unpaired) electrons. The van der Waals surface area contributed by atoms with Crippen LogP contribution in [0.3, 0.4) is 0 Å². The third-order valence-corrected chi connectivity index (χ3v) is 22.6. The Bertz CT molecular complexity index is 4220. The monoisotopic (exact) mass is 1570 g/mol. The predicted molar refractivity (Wildman–Crippen MR) is 415 cm³/mol. The number of aromatic hydroxyl groups is 3. The molecule has 8 heterocycles. The van der Waals surface area contributed by atoms with Crippen LogP contribution in [0.1, 0.15) is 154 Å². The van der Waals surface area contributed by atoms with Gasteiger partial charge in [0.05, 0.1) is 53.0 Å². The molecule has 113 heavy (non-hydrogen) atoms. The Kier molecular flexibility index (Phi) is 29.4. The number of hydrogen-bond acceptors (Lipinski definition) is 23. The summed E-state index contributed by atoms with van der Waals surface area (Å²) in [6.07, 6.45) is 12.9. The van der Waals surface area contributed by atoms with Gasteiger partial charge in [-0.05, 0) is 109 Å². The highest BCUT2D eigenvalue weighted by atomic mass is 19.1. The number of fused-ring (bicyclic) bond motifs is 17. The summed E-state index contributed by atoms with van der Waals surface area (Å²) in [5, 5.41) is 75.0. The Hall–Kier alpha value is -9.98. The molecular weight excluding hydrogens is 1460 g/mol. The van der Waals surface area contributed by atoms with E-state index in [4.69, 9.17) is 23.7 Å². The predicted octanol–water partition coefficient (Wildman–Crippen LogP) is 6.09. The van der Waals surface area contributed by atoms with Crippen molar-refractivity contribution in [2.75, 3.05) is 71.9 Å². The van der Waals surface area contributed by atoms with Crippen LogP contribution >= 0.6 is 0 Å². The maximum absolute atomic E-state index is 14.4. The number of allylic oxidation sites excluding steroid dienone is 3. The molecule has 7 amide bonds. The number of piperidine rings is 1. The van der Waals surface area contributed by atoms with E-state index < -0.39 is 179 Å². The number of amides is 7. The summed E-state index contributed by atoms with van der Waals surface area (Å²) in [5.74, 6) is -12.9. The maximum Gasteiger partial charge on any atom is 0.328 e. The van der Waals surface area contributed by atoms with Gasteiger partial charge in [0.25, 0.3) is 11.7 Å². The minimum absolute atomic E-state index is 0.0559. The molecule has 30 nitrogen and oxygen atoms in total. The molecule has 5 saturated heterocycles. The highest BCUT2D eigenvalue weighted by molar-refractivity contribution is 6.24. The van der Waals surface area contributed by atoms with Gasteiger partial charge in [-0.1, -0.05) is 90.8 Å². The van der Waals surface area contributed by atoms with E-state index in [2.05, 4.69) is 31.3 Å². The first-order valence-corrected chi connectivity index (χ1v) is 39.1. The third-order valence-electron chi connectivity index (χ3n) is 22.6. The van der Waals surface area contributed by atoms with Crippen LogP contribution in [0.4, 0.5) is 10.1 Å². The molecule has 0 aromatic heterocycles. The molecule has 8 aliphatic rings. The second-order valence-corrected chi connectivity index (χ2v) is 31.0. The Morgan fingerprint density at radius 3 is 2.17 bits per heavy atom. The fourth-order valence-corrected chi connectivity index (χ4v) is 15.7. The molecule has 31 heteroatoms. The SMILES string of the molecule is CCCC/C=C/C(=O)N[C@@H](Cc1cccc(F)c1)C(=O)N[C@H]1COC(=O)[C@@H]2CCCN2C(=O)[C@H](C)NC(=O)[C@@H]2CC(C)CCN2C(=O)[C@@H]2CCCN2C1=O.CO[C@H]1/C=C/O[C@@]2(C)Oc3c(C)c(O)c4c(O)c(c(/C=N/N5CCN(C)CC5)c(O)c4c3C2=O)NC(=O)/C(C)=C\C=C\[C@H](C)[C@H](O)[C@@H](C)[C@@H](O)[C@@H](C)[C@H](OC(C)=O)[C@@H]1C. The first-order valence-electron chi connectivity index (χ1n) is 39.1. The van der Waals surface area contributed by atoms with Crippen molar-refractivity contribution in [2.24, 2.45) is 34.7 Å². The zero-order valence-corrected chi connectivity index (χ0v) is 66.7. The van der Waals surface area contributed by atoms with Gasteiger partial charge in [-0.25, -0.2) is 9.18 Å². The van der Waals surface area contributed by atoms with Crippen LogP contribution in [-0.4, -0.2) is 248 Å². The van der Waals surface area contributed by atoms with Crippen molar-refractivity contribution >= 4 is 81.7 Å². The lowest BCUT2D eigenvalue weighted by Crippen LogP contribution is -2.62. The number of nitrogens with zero attached hydrogens (tertiary/aromatic N) is 6. The summed E-state index contributed by atoms with van der Waals surface area (Å²) >= 11 is 0. The molecule has 5 bridgehead atoms.